The average Bonchev–Trinajstić information content (AvgIpc) is 3.24. The Balaban J connectivity index is 1.69. The van der Waals surface area contributed by atoms with Crippen LogP contribution in [0.1, 0.15) is 43.8 Å². The molecule has 6 nitrogen and oxygen atoms in total. The molecule has 1 aromatic heterocycles. The second-order valence-corrected chi connectivity index (χ2v) is 8.02. The number of rotatable bonds is 6. The largest absolute Gasteiger partial charge is 0.462 e. The molecule has 0 saturated carbocycles. The van der Waals surface area contributed by atoms with Crippen LogP contribution >= 0.6 is 15.9 Å². The lowest BCUT2D eigenvalue weighted by molar-refractivity contribution is 0.0524. The van der Waals surface area contributed by atoms with Crippen LogP contribution in [0.5, 0.6) is 5.75 Å². The first-order chi connectivity index (χ1) is 15.9. The third kappa shape index (κ3) is 4.32. The monoisotopic (exact) mass is 506 g/mol. The van der Waals surface area contributed by atoms with Gasteiger partial charge in [-0.05, 0) is 64.7 Å². The Morgan fingerprint density at radius 1 is 1.00 bits per heavy atom. The van der Waals surface area contributed by atoms with Gasteiger partial charge in [0.1, 0.15) is 16.9 Å². The Labute approximate surface area is 198 Å². The zero-order chi connectivity index (χ0) is 23.5. The summed E-state index contributed by atoms with van der Waals surface area (Å²) in [5, 5.41) is 0.317. The molecule has 166 valence electrons. The lowest BCUT2D eigenvalue weighted by atomic mass is 10.0. The van der Waals surface area contributed by atoms with E-state index in [1.807, 2.05) is 42.5 Å². The third-order valence-corrected chi connectivity index (χ3v) is 5.88. The fraction of sp³-hybridized carbons (Fsp3) is 0.115. The van der Waals surface area contributed by atoms with E-state index in [4.69, 9.17) is 13.9 Å². The van der Waals surface area contributed by atoms with Crippen molar-refractivity contribution in [3.05, 3.63) is 87.6 Å². The number of halogens is 1. The average molecular weight is 507 g/mol. The lowest BCUT2D eigenvalue weighted by Crippen LogP contribution is -2.10. The van der Waals surface area contributed by atoms with E-state index in [0.29, 0.717) is 32.9 Å². The highest BCUT2D eigenvalue weighted by atomic mass is 79.9. The number of furan rings is 1. The Morgan fingerprint density at radius 3 is 2.30 bits per heavy atom. The molecule has 0 saturated heterocycles. The fourth-order valence-corrected chi connectivity index (χ4v) is 4.11. The topological polar surface area (TPSA) is 82.8 Å². The quantitative estimate of drug-likeness (QED) is 0.171. The molecule has 7 heteroatoms. The van der Waals surface area contributed by atoms with Gasteiger partial charge in [-0.2, -0.15) is 0 Å². The first-order valence-corrected chi connectivity index (χ1v) is 11.0. The van der Waals surface area contributed by atoms with E-state index in [0.717, 1.165) is 11.1 Å². The van der Waals surface area contributed by atoms with Gasteiger partial charge in [0, 0.05) is 0 Å². The number of carbonyl (C=O) groups is 3. The number of ether oxygens (including phenoxy) is 2. The van der Waals surface area contributed by atoms with E-state index in [9.17, 15) is 14.4 Å². The molecule has 0 spiro atoms. The second kappa shape index (κ2) is 9.42. The van der Waals surface area contributed by atoms with Gasteiger partial charge in [-0.3, -0.25) is 4.79 Å². The first-order valence-electron chi connectivity index (χ1n) is 10.2. The van der Waals surface area contributed by atoms with Crippen molar-refractivity contribution in [2.75, 3.05) is 6.61 Å². The molecule has 0 bridgehead atoms. The summed E-state index contributed by atoms with van der Waals surface area (Å²) in [6.07, 6.45) is 0.456. The van der Waals surface area contributed by atoms with Crippen LogP contribution in [0.2, 0.25) is 0 Å². The van der Waals surface area contributed by atoms with Crippen molar-refractivity contribution in [1.82, 2.24) is 0 Å². The van der Waals surface area contributed by atoms with Crippen molar-refractivity contribution in [2.45, 2.75) is 13.8 Å². The van der Waals surface area contributed by atoms with Crippen molar-refractivity contribution in [2.24, 2.45) is 0 Å². The van der Waals surface area contributed by atoms with E-state index in [1.54, 1.807) is 32.0 Å². The fourth-order valence-electron chi connectivity index (χ4n) is 3.54. The number of aldehydes is 1. The molecule has 4 rings (SSSR count). The highest BCUT2D eigenvalue weighted by Crippen LogP contribution is 2.40. The van der Waals surface area contributed by atoms with Gasteiger partial charge in [0.05, 0.1) is 22.0 Å². The molecule has 0 aliphatic heterocycles. The van der Waals surface area contributed by atoms with Crippen LogP contribution < -0.4 is 4.74 Å². The summed E-state index contributed by atoms with van der Waals surface area (Å²) < 4.78 is 16.6. The SMILES string of the molecule is CCOC(=O)c1c(C=O)oc2c(C)cc(OC(=O)c3ccc(-c4ccccc4)cc3)c(Br)c12. The zero-order valence-corrected chi connectivity index (χ0v) is 19.5. The van der Waals surface area contributed by atoms with Crippen LogP contribution in [-0.2, 0) is 4.74 Å². The van der Waals surface area contributed by atoms with Crippen LogP contribution in [0.4, 0.5) is 0 Å². The summed E-state index contributed by atoms with van der Waals surface area (Å²) in [5.74, 6) is -1.21. The molecule has 0 fully saturated rings. The molecule has 0 unspecified atom stereocenters. The van der Waals surface area contributed by atoms with Crippen LogP contribution in [-0.4, -0.2) is 24.8 Å². The Hall–Kier alpha value is -3.71. The van der Waals surface area contributed by atoms with Crippen molar-refractivity contribution in [1.29, 1.82) is 0 Å². The molecule has 0 radical (unpaired) electrons. The molecular formula is C26H19BrO6. The molecule has 0 aliphatic rings. The number of carbonyl (C=O) groups excluding carboxylic acids is 3. The predicted octanol–water partition coefficient (Wildman–Crippen LogP) is 6.38. The number of fused-ring (bicyclic) bond motifs is 1. The van der Waals surface area contributed by atoms with Gasteiger partial charge in [-0.25, -0.2) is 9.59 Å². The number of aryl methyl sites for hydroxylation is 1. The normalized spacial score (nSPS) is 10.8. The van der Waals surface area contributed by atoms with Crippen molar-refractivity contribution in [3.63, 3.8) is 0 Å². The first kappa shape index (κ1) is 22.5. The number of hydrogen-bond donors (Lipinski definition) is 0. The molecule has 33 heavy (non-hydrogen) atoms. The number of hydrogen-bond acceptors (Lipinski definition) is 6. The number of benzene rings is 3. The van der Waals surface area contributed by atoms with Crippen LogP contribution in [0.15, 0.2) is 69.6 Å². The molecular weight excluding hydrogens is 488 g/mol. The zero-order valence-electron chi connectivity index (χ0n) is 17.9. The molecule has 0 N–H and O–H groups in total. The minimum Gasteiger partial charge on any atom is -0.462 e. The summed E-state index contributed by atoms with van der Waals surface area (Å²) >= 11 is 3.41. The van der Waals surface area contributed by atoms with Crippen molar-refractivity contribution >= 4 is 45.1 Å². The Morgan fingerprint density at radius 2 is 1.67 bits per heavy atom. The Bertz CT molecular complexity index is 1350. The van der Waals surface area contributed by atoms with Gasteiger partial charge in [-0.15, -0.1) is 0 Å². The van der Waals surface area contributed by atoms with Gasteiger partial charge in [0.15, 0.2) is 12.0 Å². The smallest absolute Gasteiger partial charge is 0.343 e. The molecule has 0 atom stereocenters. The van der Waals surface area contributed by atoms with Crippen LogP contribution in [0.25, 0.3) is 22.1 Å². The van der Waals surface area contributed by atoms with Crippen LogP contribution in [0.3, 0.4) is 0 Å². The summed E-state index contributed by atoms with van der Waals surface area (Å²) in [6, 6.07) is 18.5. The molecule has 1 heterocycles. The van der Waals surface area contributed by atoms with Gasteiger partial charge >= 0.3 is 11.9 Å². The third-order valence-electron chi connectivity index (χ3n) is 5.09. The maximum atomic E-state index is 12.8. The van der Waals surface area contributed by atoms with E-state index < -0.39 is 11.9 Å². The van der Waals surface area contributed by atoms with Crippen molar-refractivity contribution < 1.29 is 28.3 Å². The highest BCUT2D eigenvalue weighted by molar-refractivity contribution is 9.10. The molecule has 3 aromatic carbocycles. The maximum absolute atomic E-state index is 12.8. The van der Waals surface area contributed by atoms with Crippen LogP contribution in [0, 0.1) is 6.92 Å². The van der Waals surface area contributed by atoms with Crippen molar-refractivity contribution in [3.8, 4) is 16.9 Å². The van der Waals surface area contributed by atoms with E-state index in [2.05, 4.69) is 15.9 Å². The summed E-state index contributed by atoms with van der Waals surface area (Å²) in [7, 11) is 0. The van der Waals surface area contributed by atoms with Gasteiger partial charge in [0.2, 0.25) is 0 Å². The second-order valence-electron chi connectivity index (χ2n) is 7.22. The highest BCUT2D eigenvalue weighted by Gasteiger charge is 2.27. The van der Waals surface area contributed by atoms with E-state index in [1.165, 1.54) is 0 Å². The van der Waals surface area contributed by atoms with Gasteiger partial charge in [0.25, 0.3) is 0 Å². The minimum absolute atomic E-state index is 0.0121. The maximum Gasteiger partial charge on any atom is 0.343 e. The summed E-state index contributed by atoms with van der Waals surface area (Å²) in [4.78, 5) is 36.8. The summed E-state index contributed by atoms with van der Waals surface area (Å²) in [6.45, 7) is 3.53. The van der Waals surface area contributed by atoms with E-state index in [-0.39, 0.29) is 23.7 Å². The molecule has 0 aliphatic carbocycles. The Kier molecular flexibility index (Phi) is 6.42. The standard InChI is InChI=1S/C26H19BrO6/c1-3-31-26(30)21-20(14-28)32-24-15(2)13-19(23(27)22(21)24)33-25(29)18-11-9-17(10-12-18)16-7-5-4-6-8-16/h4-14H,3H2,1-2H3. The molecule has 0 amide bonds. The van der Waals surface area contributed by atoms with E-state index >= 15 is 0 Å². The lowest BCUT2D eigenvalue weighted by Gasteiger charge is -2.10. The molecule has 4 aromatic rings. The summed E-state index contributed by atoms with van der Waals surface area (Å²) in [5.41, 5.74) is 3.30. The minimum atomic E-state index is -0.696. The predicted molar refractivity (Wildman–Crippen MR) is 127 cm³/mol. The van der Waals surface area contributed by atoms with Gasteiger partial charge in [-0.1, -0.05) is 42.5 Å². The van der Waals surface area contributed by atoms with Gasteiger partial charge < -0.3 is 13.9 Å². The number of esters is 2.